The lowest BCUT2D eigenvalue weighted by atomic mass is 9.83. The molecule has 0 aliphatic heterocycles. The highest BCUT2D eigenvalue weighted by Gasteiger charge is 2.19. The maximum Gasteiger partial charge on any atom is 0.0468 e. The van der Waals surface area contributed by atoms with Crippen LogP contribution in [0, 0.1) is 0 Å². The normalized spacial score (nSPS) is 12.1. The number of fused-ring (bicyclic) bond motifs is 12. The molecule has 0 N–H and O–H groups in total. The molecule has 12 rings (SSSR count). The Morgan fingerprint density at radius 2 is 0.619 bits per heavy atom. The Hall–Kier alpha value is -8.00. The van der Waals surface area contributed by atoms with Crippen LogP contribution in [0.5, 0.6) is 0 Å². The fourth-order valence-corrected chi connectivity index (χ4v) is 10.2. The van der Waals surface area contributed by atoms with E-state index in [4.69, 9.17) is 0 Å². The van der Waals surface area contributed by atoms with Gasteiger partial charge in [-0.2, -0.15) is 0 Å². The van der Waals surface area contributed by atoms with Crippen molar-refractivity contribution in [2.24, 2.45) is 0 Å². The van der Waals surface area contributed by atoms with Gasteiger partial charge < -0.3 is 4.90 Å². The van der Waals surface area contributed by atoms with Gasteiger partial charge in [0.25, 0.3) is 0 Å². The molecule has 0 amide bonds. The van der Waals surface area contributed by atoms with Crippen LogP contribution in [0.4, 0.5) is 17.1 Å². The molecule has 63 heavy (non-hydrogen) atoms. The number of rotatable bonds is 8. The van der Waals surface area contributed by atoms with Crippen LogP contribution in [0.15, 0.2) is 243 Å². The summed E-state index contributed by atoms with van der Waals surface area (Å²) in [4.78, 5) is 2.37. The van der Waals surface area contributed by atoms with Crippen molar-refractivity contribution in [1.82, 2.24) is 0 Å². The number of nitrogens with zero attached hydrogens (tertiary/aromatic N) is 1. The number of hydrogen-bond acceptors (Lipinski definition) is 1. The lowest BCUT2D eigenvalue weighted by Gasteiger charge is -2.26. The second kappa shape index (κ2) is 15.5. The summed E-state index contributed by atoms with van der Waals surface area (Å²) in [6.07, 6.45) is 0.906. The molecule has 1 atom stereocenters. The van der Waals surface area contributed by atoms with Crippen LogP contribution in [0.25, 0.3) is 75.8 Å². The van der Waals surface area contributed by atoms with Gasteiger partial charge in [-0.3, -0.25) is 0 Å². The quantitative estimate of drug-likeness (QED) is 0.138. The lowest BCUT2D eigenvalue weighted by molar-refractivity contribution is 0.807. The lowest BCUT2D eigenvalue weighted by Crippen LogP contribution is -2.09. The minimum absolute atomic E-state index is 0.210. The summed E-state index contributed by atoms with van der Waals surface area (Å²) in [5.41, 5.74) is 9.77. The van der Waals surface area contributed by atoms with Crippen molar-refractivity contribution in [2.45, 2.75) is 12.3 Å². The smallest absolute Gasteiger partial charge is 0.0468 e. The summed E-state index contributed by atoms with van der Waals surface area (Å²) in [6, 6.07) is 89.4. The van der Waals surface area contributed by atoms with Crippen LogP contribution in [-0.2, 0) is 6.42 Å². The van der Waals surface area contributed by atoms with Crippen molar-refractivity contribution >= 4 is 81.7 Å². The summed E-state index contributed by atoms with van der Waals surface area (Å²) in [6.45, 7) is 0. The van der Waals surface area contributed by atoms with Crippen molar-refractivity contribution in [2.75, 3.05) is 4.90 Å². The summed E-state index contributed by atoms with van der Waals surface area (Å²) in [7, 11) is 0. The summed E-state index contributed by atoms with van der Waals surface area (Å²) in [5, 5.41) is 15.5. The molecular formula is C62H43N. The zero-order valence-corrected chi connectivity index (χ0v) is 34.8. The molecule has 0 spiro atoms. The van der Waals surface area contributed by atoms with Crippen molar-refractivity contribution in [1.29, 1.82) is 0 Å². The molecule has 12 aromatic carbocycles. The molecule has 296 valence electrons. The highest BCUT2D eigenvalue weighted by Crippen LogP contribution is 2.42. The van der Waals surface area contributed by atoms with Crippen LogP contribution in [-0.4, -0.2) is 0 Å². The predicted octanol–water partition coefficient (Wildman–Crippen LogP) is 17.1. The third kappa shape index (κ3) is 6.49. The van der Waals surface area contributed by atoms with Gasteiger partial charge in [-0.25, -0.2) is 0 Å². The largest absolute Gasteiger partial charge is 0.310 e. The average Bonchev–Trinajstić information content (AvgIpc) is 3.37. The molecule has 12 aromatic rings. The van der Waals surface area contributed by atoms with E-state index in [9.17, 15) is 0 Å². The van der Waals surface area contributed by atoms with E-state index in [-0.39, 0.29) is 5.92 Å². The minimum Gasteiger partial charge on any atom is -0.310 e. The highest BCUT2D eigenvalue weighted by molar-refractivity contribution is 6.26. The first-order valence-electron chi connectivity index (χ1n) is 22.0. The van der Waals surface area contributed by atoms with Crippen LogP contribution in [0.1, 0.15) is 22.6 Å². The number of hydrogen-bond donors (Lipinski definition) is 0. The van der Waals surface area contributed by atoms with E-state index in [0.717, 1.165) is 23.5 Å². The Labute approximate surface area is 367 Å². The third-order valence-electron chi connectivity index (χ3n) is 13.2. The Bertz CT molecular complexity index is 3560. The SMILES string of the molecule is c1ccc(C(Cc2ccc(-c3ccc(N(c4ccccc4)c4ccc5c6ccccc6c6ccccc6c5c4)cc3)cc2)c2ccc3c4ccccc4c4ccccc4c3c2)cc1. The Balaban J connectivity index is 0.878. The average molecular weight is 802 g/mol. The van der Waals surface area contributed by atoms with Crippen LogP contribution >= 0.6 is 0 Å². The van der Waals surface area contributed by atoms with E-state index in [1.165, 1.54) is 92.5 Å². The van der Waals surface area contributed by atoms with Crippen molar-refractivity contribution < 1.29 is 0 Å². The van der Waals surface area contributed by atoms with E-state index in [2.05, 4.69) is 248 Å². The van der Waals surface area contributed by atoms with Crippen LogP contribution in [0.3, 0.4) is 0 Å². The zero-order valence-electron chi connectivity index (χ0n) is 34.8. The second-order valence-electron chi connectivity index (χ2n) is 16.8. The molecule has 1 nitrogen and oxygen atoms in total. The zero-order chi connectivity index (χ0) is 41.7. The van der Waals surface area contributed by atoms with E-state index in [1.807, 2.05) is 0 Å². The van der Waals surface area contributed by atoms with Crippen LogP contribution < -0.4 is 4.90 Å². The standard InChI is InChI=1S/C62H43N/c1-3-15-45(16-4-1)60(46-33-37-58-54-23-9-7-19-50(54)52-21-11-13-25-56(52)61(58)40-46)39-42-27-29-43(30-28-42)44-31-34-48(35-32-44)63(47-17-5-2-6-18-47)49-36-38-59-55-24-10-8-20-51(55)53-22-12-14-26-57(53)62(59)41-49/h1-38,40-41,60H,39H2. The molecule has 0 aliphatic rings. The van der Waals surface area contributed by atoms with E-state index < -0.39 is 0 Å². The number of benzene rings is 12. The third-order valence-corrected chi connectivity index (χ3v) is 13.2. The molecule has 0 heterocycles. The molecule has 0 radical (unpaired) electrons. The summed E-state index contributed by atoms with van der Waals surface area (Å²) in [5.74, 6) is 0.210. The maximum absolute atomic E-state index is 2.46. The molecule has 0 aromatic heterocycles. The molecule has 0 fully saturated rings. The predicted molar refractivity (Wildman–Crippen MR) is 270 cm³/mol. The molecule has 0 saturated carbocycles. The van der Waals surface area contributed by atoms with Crippen molar-refractivity contribution in [3.05, 3.63) is 259 Å². The first-order chi connectivity index (χ1) is 31.2. The van der Waals surface area contributed by atoms with E-state index >= 15 is 0 Å². The minimum atomic E-state index is 0.210. The summed E-state index contributed by atoms with van der Waals surface area (Å²) < 4.78 is 0. The topological polar surface area (TPSA) is 3.24 Å². The highest BCUT2D eigenvalue weighted by atomic mass is 15.1. The van der Waals surface area contributed by atoms with E-state index in [0.29, 0.717) is 0 Å². The fourth-order valence-electron chi connectivity index (χ4n) is 10.2. The van der Waals surface area contributed by atoms with Crippen LogP contribution in [0.2, 0.25) is 0 Å². The fraction of sp³-hybridized carbons (Fsp3) is 0.0323. The van der Waals surface area contributed by atoms with Gasteiger partial charge >= 0.3 is 0 Å². The molecule has 1 unspecified atom stereocenters. The van der Waals surface area contributed by atoms with Gasteiger partial charge in [0.05, 0.1) is 0 Å². The van der Waals surface area contributed by atoms with Crippen molar-refractivity contribution in [3.63, 3.8) is 0 Å². The molecule has 0 aliphatic carbocycles. The van der Waals surface area contributed by atoms with Gasteiger partial charge in [0.2, 0.25) is 0 Å². The first-order valence-corrected chi connectivity index (χ1v) is 22.0. The molecular weight excluding hydrogens is 759 g/mol. The van der Waals surface area contributed by atoms with Gasteiger partial charge in [0, 0.05) is 23.0 Å². The first kappa shape index (κ1) is 36.8. The molecule has 0 bridgehead atoms. The second-order valence-corrected chi connectivity index (χ2v) is 16.8. The monoisotopic (exact) mass is 801 g/mol. The Morgan fingerprint density at radius 3 is 1.13 bits per heavy atom. The Morgan fingerprint density at radius 1 is 0.254 bits per heavy atom. The van der Waals surface area contributed by atoms with Gasteiger partial charge in [-0.05, 0) is 141 Å². The van der Waals surface area contributed by atoms with Gasteiger partial charge in [-0.15, -0.1) is 0 Å². The van der Waals surface area contributed by atoms with Gasteiger partial charge in [-0.1, -0.05) is 200 Å². The summed E-state index contributed by atoms with van der Waals surface area (Å²) >= 11 is 0. The van der Waals surface area contributed by atoms with Gasteiger partial charge in [0.15, 0.2) is 0 Å². The van der Waals surface area contributed by atoms with E-state index in [1.54, 1.807) is 0 Å². The molecule has 1 heteroatoms. The number of anilines is 3. The maximum atomic E-state index is 2.46. The van der Waals surface area contributed by atoms with Crippen molar-refractivity contribution in [3.8, 4) is 11.1 Å². The number of para-hydroxylation sites is 1. The van der Waals surface area contributed by atoms with Gasteiger partial charge in [0.1, 0.15) is 0 Å². The molecule has 0 saturated heterocycles. The Kier molecular flexibility index (Phi) is 9.04.